The van der Waals surface area contributed by atoms with Crippen LogP contribution in [0.1, 0.15) is 45.7 Å². The van der Waals surface area contributed by atoms with Crippen molar-refractivity contribution in [3.8, 4) is 0 Å². The van der Waals surface area contributed by atoms with E-state index in [1.54, 1.807) is 12.1 Å². The number of benzene rings is 1. The molecule has 2 unspecified atom stereocenters. The third-order valence-corrected chi connectivity index (χ3v) is 3.26. The average Bonchev–Trinajstić information content (AvgIpc) is 2.38. The summed E-state index contributed by atoms with van der Waals surface area (Å²) >= 11 is 0. The Bertz CT molecular complexity index is 405. The number of rotatable bonds is 6. The number of nitrogens with one attached hydrogen (secondary N) is 2. The summed E-state index contributed by atoms with van der Waals surface area (Å²) in [4.78, 5) is 11.9. The molecule has 0 aliphatic heterocycles. The van der Waals surface area contributed by atoms with E-state index in [-0.39, 0.29) is 29.8 Å². The first-order valence-electron chi connectivity index (χ1n) is 6.76. The van der Waals surface area contributed by atoms with Gasteiger partial charge in [-0.2, -0.15) is 0 Å². The van der Waals surface area contributed by atoms with Crippen LogP contribution in [0.3, 0.4) is 0 Å². The first-order chi connectivity index (χ1) is 8.93. The molecule has 3 atom stereocenters. The molecule has 1 rings (SSSR count). The third kappa shape index (κ3) is 4.99. The van der Waals surface area contributed by atoms with Gasteiger partial charge in [0.1, 0.15) is 5.82 Å². The SMILES string of the molecule is CCC(C)NC(=O)C(C)N[C@H](C)c1ccc(F)cc1. The first kappa shape index (κ1) is 15.6. The summed E-state index contributed by atoms with van der Waals surface area (Å²) in [7, 11) is 0. The van der Waals surface area contributed by atoms with E-state index in [1.165, 1.54) is 12.1 Å². The standard InChI is InChI=1S/C15H23FN2O/c1-5-10(2)17-15(19)12(4)18-11(3)13-6-8-14(16)9-7-13/h6-12,18H,5H2,1-4H3,(H,17,19)/t10?,11-,12?/m1/s1. The van der Waals surface area contributed by atoms with Crippen LogP contribution in [0.25, 0.3) is 0 Å². The van der Waals surface area contributed by atoms with Crippen molar-refractivity contribution in [2.45, 2.75) is 52.2 Å². The van der Waals surface area contributed by atoms with Crippen molar-refractivity contribution >= 4 is 5.91 Å². The Morgan fingerprint density at radius 2 is 1.79 bits per heavy atom. The molecule has 0 bridgehead atoms. The van der Waals surface area contributed by atoms with E-state index >= 15 is 0 Å². The van der Waals surface area contributed by atoms with Crippen LogP contribution in [-0.4, -0.2) is 18.0 Å². The van der Waals surface area contributed by atoms with Crippen LogP contribution in [0.2, 0.25) is 0 Å². The summed E-state index contributed by atoms with van der Waals surface area (Å²) in [5.41, 5.74) is 0.963. The summed E-state index contributed by atoms with van der Waals surface area (Å²) < 4.78 is 12.8. The molecule has 0 aliphatic rings. The second-order valence-electron chi connectivity index (χ2n) is 4.98. The molecule has 1 aromatic carbocycles. The summed E-state index contributed by atoms with van der Waals surface area (Å²) in [6.45, 7) is 7.80. The van der Waals surface area contributed by atoms with Crippen molar-refractivity contribution in [1.82, 2.24) is 10.6 Å². The maximum Gasteiger partial charge on any atom is 0.237 e. The lowest BCUT2D eigenvalue weighted by Crippen LogP contribution is -2.45. The average molecular weight is 266 g/mol. The van der Waals surface area contributed by atoms with Crippen LogP contribution in [-0.2, 0) is 4.79 Å². The topological polar surface area (TPSA) is 41.1 Å². The second kappa shape index (κ2) is 7.24. The summed E-state index contributed by atoms with van der Waals surface area (Å²) in [5, 5.41) is 6.14. The number of carbonyl (C=O) groups is 1. The number of hydrogen-bond donors (Lipinski definition) is 2. The van der Waals surface area contributed by atoms with E-state index in [1.807, 2.05) is 27.7 Å². The van der Waals surface area contributed by atoms with Crippen LogP contribution in [0, 0.1) is 5.82 Å². The van der Waals surface area contributed by atoms with E-state index in [0.717, 1.165) is 12.0 Å². The van der Waals surface area contributed by atoms with Gasteiger partial charge in [-0.25, -0.2) is 4.39 Å². The van der Waals surface area contributed by atoms with Crippen LogP contribution in [0.4, 0.5) is 4.39 Å². The molecule has 19 heavy (non-hydrogen) atoms. The van der Waals surface area contributed by atoms with Gasteiger partial charge in [0.2, 0.25) is 5.91 Å². The second-order valence-corrected chi connectivity index (χ2v) is 4.98. The number of amides is 1. The molecule has 0 heterocycles. The Kier molecular flexibility index (Phi) is 5.96. The minimum atomic E-state index is -0.283. The van der Waals surface area contributed by atoms with Gasteiger partial charge in [-0.05, 0) is 44.9 Å². The molecule has 0 aliphatic carbocycles. The molecule has 2 N–H and O–H groups in total. The Labute approximate surface area is 114 Å². The highest BCUT2D eigenvalue weighted by atomic mass is 19.1. The van der Waals surface area contributed by atoms with E-state index in [2.05, 4.69) is 10.6 Å². The summed E-state index contributed by atoms with van der Waals surface area (Å²) in [6.07, 6.45) is 0.909. The van der Waals surface area contributed by atoms with Gasteiger partial charge in [0.05, 0.1) is 6.04 Å². The molecule has 106 valence electrons. The van der Waals surface area contributed by atoms with Crippen molar-refractivity contribution in [2.75, 3.05) is 0 Å². The Hall–Kier alpha value is -1.42. The van der Waals surface area contributed by atoms with Gasteiger partial charge >= 0.3 is 0 Å². The molecule has 3 nitrogen and oxygen atoms in total. The summed E-state index contributed by atoms with van der Waals surface area (Å²) in [5.74, 6) is -0.262. The first-order valence-corrected chi connectivity index (χ1v) is 6.76. The van der Waals surface area contributed by atoms with Crippen molar-refractivity contribution in [1.29, 1.82) is 0 Å². The van der Waals surface area contributed by atoms with Crippen LogP contribution >= 0.6 is 0 Å². The largest absolute Gasteiger partial charge is 0.352 e. The van der Waals surface area contributed by atoms with Gasteiger partial charge in [-0.1, -0.05) is 19.1 Å². The smallest absolute Gasteiger partial charge is 0.237 e. The van der Waals surface area contributed by atoms with Crippen molar-refractivity contribution < 1.29 is 9.18 Å². The van der Waals surface area contributed by atoms with E-state index in [4.69, 9.17) is 0 Å². The molecule has 0 saturated carbocycles. The fraction of sp³-hybridized carbons (Fsp3) is 0.533. The van der Waals surface area contributed by atoms with Gasteiger partial charge in [0.25, 0.3) is 0 Å². The molecule has 0 saturated heterocycles. The Balaban J connectivity index is 2.53. The zero-order valence-corrected chi connectivity index (χ0v) is 12.0. The lowest BCUT2D eigenvalue weighted by atomic mass is 10.1. The maximum absolute atomic E-state index is 12.8. The lowest BCUT2D eigenvalue weighted by molar-refractivity contribution is -0.123. The predicted octanol–water partition coefficient (Wildman–Crippen LogP) is 2.78. The molecule has 0 spiro atoms. The lowest BCUT2D eigenvalue weighted by Gasteiger charge is -2.21. The van der Waals surface area contributed by atoms with Crippen molar-refractivity contribution in [3.05, 3.63) is 35.6 Å². The van der Waals surface area contributed by atoms with E-state index in [9.17, 15) is 9.18 Å². The molecule has 0 fully saturated rings. The minimum absolute atomic E-state index is 0.00159. The van der Waals surface area contributed by atoms with E-state index in [0.29, 0.717) is 0 Å². The van der Waals surface area contributed by atoms with Gasteiger partial charge in [0.15, 0.2) is 0 Å². The van der Waals surface area contributed by atoms with Crippen molar-refractivity contribution in [2.24, 2.45) is 0 Å². The van der Waals surface area contributed by atoms with Crippen molar-refractivity contribution in [3.63, 3.8) is 0 Å². The van der Waals surface area contributed by atoms with Gasteiger partial charge < -0.3 is 5.32 Å². The molecule has 4 heteroatoms. The molecule has 0 aromatic heterocycles. The highest BCUT2D eigenvalue weighted by Gasteiger charge is 2.17. The molecule has 1 amide bonds. The molecular formula is C15H23FN2O. The number of halogens is 1. The van der Waals surface area contributed by atoms with Crippen LogP contribution in [0.5, 0.6) is 0 Å². The van der Waals surface area contributed by atoms with Gasteiger partial charge in [-0.3, -0.25) is 10.1 Å². The fourth-order valence-electron chi connectivity index (χ4n) is 1.77. The Morgan fingerprint density at radius 3 is 2.32 bits per heavy atom. The highest BCUT2D eigenvalue weighted by molar-refractivity contribution is 5.81. The minimum Gasteiger partial charge on any atom is -0.352 e. The monoisotopic (exact) mass is 266 g/mol. The van der Waals surface area contributed by atoms with Gasteiger partial charge in [0, 0.05) is 12.1 Å². The zero-order chi connectivity index (χ0) is 14.4. The third-order valence-electron chi connectivity index (χ3n) is 3.26. The number of hydrogen-bond acceptors (Lipinski definition) is 2. The predicted molar refractivity (Wildman–Crippen MR) is 75.3 cm³/mol. The summed E-state index contributed by atoms with van der Waals surface area (Å²) in [6, 6.07) is 6.21. The van der Waals surface area contributed by atoms with Gasteiger partial charge in [-0.15, -0.1) is 0 Å². The highest BCUT2D eigenvalue weighted by Crippen LogP contribution is 2.13. The fourth-order valence-corrected chi connectivity index (χ4v) is 1.77. The van der Waals surface area contributed by atoms with E-state index < -0.39 is 0 Å². The zero-order valence-electron chi connectivity index (χ0n) is 12.0. The molecular weight excluding hydrogens is 243 g/mol. The van der Waals surface area contributed by atoms with Crippen LogP contribution in [0.15, 0.2) is 24.3 Å². The molecule has 0 radical (unpaired) electrons. The normalized spacial score (nSPS) is 15.6. The molecule has 1 aromatic rings. The quantitative estimate of drug-likeness (QED) is 0.831. The maximum atomic E-state index is 12.8. The Morgan fingerprint density at radius 1 is 1.21 bits per heavy atom. The van der Waals surface area contributed by atoms with Crippen LogP contribution < -0.4 is 10.6 Å². The number of carbonyl (C=O) groups excluding carboxylic acids is 1.